The predicted octanol–water partition coefficient (Wildman–Crippen LogP) is 0.996. The number of aryl methyl sites for hydroxylation is 1. The van der Waals surface area contributed by atoms with Gasteiger partial charge in [0.15, 0.2) is 0 Å². The number of piperidine rings is 1. The molecule has 0 spiro atoms. The number of carbonyl (C=O) groups is 2. The lowest BCUT2D eigenvalue weighted by molar-refractivity contribution is -0.152. The zero-order valence-corrected chi connectivity index (χ0v) is 12.5. The average Bonchev–Trinajstić information content (AvgIpc) is 2.35. The quantitative estimate of drug-likeness (QED) is 0.838. The number of nitrogens with zero attached hydrogens (tertiary/aromatic N) is 2. The Balaban J connectivity index is 1.94. The van der Waals surface area contributed by atoms with Crippen molar-refractivity contribution in [1.29, 1.82) is 0 Å². The molecule has 0 aromatic carbocycles. The van der Waals surface area contributed by atoms with Gasteiger partial charge in [-0.05, 0) is 17.9 Å². The molecule has 2 N–H and O–H groups in total. The van der Waals surface area contributed by atoms with Crippen LogP contribution in [-0.2, 0) is 16.1 Å². The van der Waals surface area contributed by atoms with Gasteiger partial charge in [-0.15, -0.1) is 0 Å². The van der Waals surface area contributed by atoms with E-state index in [-0.39, 0.29) is 22.8 Å². The molecule has 0 saturated carbocycles. The smallest absolute Gasteiger partial charge is 0.250 e. The van der Waals surface area contributed by atoms with Crippen LogP contribution in [0.1, 0.15) is 33.1 Å². The van der Waals surface area contributed by atoms with Gasteiger partial charge in [0, 0.05) is 43.9 Å². The molecule has 0 bridgehead atoms. The number of carbonyl (C=O) groups excluding carboxylic acids is 2. The molecule has 1 fully saturated rings. The Morgan fingerprint density at radius 2 is 1.71 bits per heavy atom. The molecule has 0 atom stereocenters. The lowest BCUT2D eigenvalue weighted by atomic mass is 9.82. The monoisotopic (exact) mass is 291 g/mol. The molecule has 0 radical (unpaired) electrons. The maximum atomic E-state index is 12.0. The first-order chi connectivity index (χ1) is 9.78. The van der Waals surface area contributed by atoms with Gasteiger partial charge in [0.2, 0.25) is 11.8 Å². The molecule has 2 heterocycles. The first kappa shape index (κ1) is 15.3. The molecule has 0 aliphatic carbocycles. The van der Waals surface area contributed by atoms with E-state index in [1.807, 2.05) is 13.8 Å². The van der Waals surface area contributed by atoms with E-state index in [2.05, 4.69) is 0 Å². The largest absolute Gasteiger partial charge is 0.398 e. The summed E-state index contributed by atoms with van der Waals surface area (Å²) in [4.78, 5) is 36.9. The van der Waals surface area contributed by atoms with Gasteiger partial charge in [-0.25, -0.2) is 0 Å². The molecule has 0 unspecified atom stereocenters. The number of amides is 2. The lowest BCUT2D eigenvalue weighted by Crippen LogP contribution is -2.46. The molecular weight excluding hydrogens is 270 g/mol. The van der Waals surface area contributed by atoms with Crippen LogP contribution in [0.4, 0.5) is 5.69 Å². The fourth-order valence-electron chi connectivity index (χ4n) is 2.58. The molecule has 1 aliphatic rings. The third-order valence-electron chi connectivity index (χ3n) is 3.65. The molecule has 114 valence electrons. The van der Waals surface area contributed by atoms with E-state index in [1.54, 1.807) is 12.3 Å². The van der Waals surface area contributed by atoms with Gasteiger partial charge >= 0.3 is 0 Å². The minimum atomic E-state index is -0.254. The Labute approximate surface area is 123 Å². The number of hydrogen-bond donors (Lipinski definition) is 1. The molecule has 6 nitrogen and oxygen atoms in total. The normalized spacial score (nSPS) is 18.1. The molecule has 1 aliphatic heterocycles. The van der Waals surface area contributed by atoms with Gasteiger partial charge < -0.3 is 10.3 Å². The van der Waals surface area contributed by atoms with E-state index in [1.165, 1.54) is 15.5 Å². The van der Waals surface area contributed by atoms with Crippen LogP contribution in [-0.4, -0.2) is 27.8 Å². The van der Waals surface area contributed by atoms with Crippen molar-refractivity contribution < 1.29 is 9.59 Å². The van der Waals surface area contributed by atoms with E-state index in [9.17, 15) is 14.4 Å². The summed E-state index contributed by atoms with van der Waals surface area (Å²) in [5.74, 6) is -0.257. The highest BCUT2D eigenvalue weighted by atomic mass is 16.2. The predicted molar refractivity (Wildman–Crippen MR) is 79.5 cm³/mol. The summed E-state index contributed by atoms with van der Waals surface area (Å²) in [7, 11) is 0. The lowest BCUT2D eigenvalue weighted by Gasteiger charge is -2.34. The van der Waals surface area contributed by atoms with Crippen LogP contribution in [0.3, 0.4) is 0 Å². The zero-order chi connectivity index (χ0) is 15.6. The van der Waals surface area contributed by atoms with Gasteiger partial charge in [0.1, 0.15) is 0 Å². The van der Waals surface area contributed by atoms with Crippen LogP contribution in [0, 0.1) is 5.41 Å². The Bertz CT molecular complexity index is 599. The van der Waals surface area contributed by atoms with Crippen molar-refractivity contribution in [3.63, 3.8) is 0 Å². The van der Waals surface area contributed by atoms with Crippen molar-refractivity contribution in [1.82, 2.24) is 9.47 Å². The highest BCUT2D eigenvalue weighted by Crippen LogP contribution is 2.31. The molecule has 2 amide bonds. The van der Waals surface area contributed by atoms with E-state index in [0.29, 0.717) is 38.0 Å². The van der Waals surface area contributed by atoms with Crippen molar-refractivity contribution in [3.8, 4) is 0 Å². The molecule has 1 aromatic rings. The third kappa shape index (κ3) is 3.71. The summed E-state index contributed by atoms with van der Waals surface area (Å²) in [6.45, 7) is 4.62. The highest BCUT2D eigenvalue weighted by Gasteiger charge is 2.36. The number of nitrogen functional groups attached to an aromatic ring is 1. The number of anilines is 1. The Morgan fingerprint density at radius 1 is 1.10 bits per heavy atom. The molecule has 2 rings (SSSR count). The number of pyridine rings is 1. The summed E-state index contributed by atoms with van der Waals surface area (Å²) in [6, 6.07) is 2.97. The molecule has 6 heteroatoms. The van der Waals surface area contributed by atoms with E-state index >= 15 is 0 Å². The third-order valence-corrected chi connectivity index (χ3v) is 3.65. The first-order valence-corrected chi connectivity index (χ1v) is 7.08. The van der Waals surface area contributed by atoms with Crippen molar-refractivity contribution in [3.05, 3.63) is 28.7 Å². The fraction of sp³-hybridized carbons (Fsp3) is 0.533. The van der Waals surface area contributed by atoms with Crippen molar-refractivity contribution in [2.24, 2.45) is 5.41 Å². The van der Waals surface area contributed by atoms with Crippen molar-refractivity contribution >= 4 is 17.5 Å². The summed E-state index contributed by atoms with van der Waals surface area (Å²) in [5.41, 5.74) is 5.76. The second-order valence-corrected chi connectivity index (χ2v) is 6.30. The number of nitrogens with two attached hydrogens (primary N) is 1. The van der Waals surface area contributed by atoms with E-state index in [4.69, 9.17) is 5.73 Å². The first-order valence-electron chi connectivity index (χ1n) is 7.08. The second kappa shape index (κ2) is 5.71. The summed E-state index contributed by atoms with van der Waals surface area (Å²) >= 11 is 0. The number of aromatic nitrogens is 1. The Hall–Kier alpha value is -2.11. The Morgan fingerprint density at radius 3 is 2.33 bits per heavy atom. The van der Waals surface area contributed by atoms with Gasteiger partial charge in [0.25, 0.3) is 5.56 Å². The molecule has 21 heavy (non-hydrogen) atoms. The van der Waals surface area contributed by atoms with Crippen LogP contribution >= 0.6 is 0 Å². The molecule has 1 aromatic heterocycles. The highest BCUT2D eigenvalue weighted by molar-refractivity contribution is 5.98. The topological polar surface area (TPSA) is 85.4 Å². The number of imide groups is 1. The van der Waals surface area contributed by atoms with Gasteiger partial charge in [-0.1, -0.05) is 13.8 Å². The second-order valence-electron chi connectivity index (χ2n) is 6.30. The fourth-order valence-corrected chi connectivity index (χ4v) is 2.58. The number of likely N-dealkylation sites (tertiary alicyclic amines) is 1. The Kier molecular flexibility index (Phi) is 4.16. The van der Waals surface area contributed by atoms with Gasteiger partial charge in [-0.2, -0.15) is 0 Å². The van der Waals surface area contributed by atoms with Gasteiger partial charge in [-0.3, -0.25) is 19.3 Å². The van der Waals surface area contributed by atoms with Crippen molar-refractivity contribution in [2.45, 2.75) is 39.7 Å². The molecular formula is C15H21N3O3. The van der Waals surface area contributed by atoms with Crippen molar-refractivity contribution in [2.75, 3.05) is 12.3 Å². The number of rotatable bonds is 4. The van der Waals surface area contributed by atoms with Crippen LogP contribution in [0.15, 0.2) is 23.1 Å². The summed E-state index contributed by atoms with van der Waals surface area (Å²) in [5, 5.41) is 0. The van der Waals surface area contributed by atoms with E-state index in [0.717, 1.165) is 0 Å². The number of hydrogen-bond acceptors (Lipinski definition) is 4. The van der Waals surface area contributed by atoms with Crippen LogP contribution < -0.4 is 11.3 Å². The maximum Gasteiger partial charge on any atom is 0.250 e. The zero-order valence-electron chi connectivity index (χ0n) is 12.5. The maximum absolute atomic E-state index is 12.0. The average molecular weight is 291 g/mol. The SMILES string of the molecule is CC1(C)CC(=O)N(CCCn2cc(N)ccc2=O)C(=O)C1. The van der Waals surface area contributed by atoms with Crippen LogP contribution in [0.25, 0.3) is 0 Å². The minimum absolute atomic E-state index is 0.129. The molecule has 1 saturated heterocycles. The standard InChI is InChI=1S/C15H21N3O3/c1-15(2)8-13(20)18(14(21)9-15)7-3-6-17-10-11(16)4-5-12(17)19/h4-5,10H,3,6-9,16H2,1-2H3. The summed E-state index contributed by atoms with van der Waals surface area (Å²) in [6.07, 6.45) is 2.89. The summed E-state index contributed by atoms with van der Waals surface area (Å²) < 4.78 is 1.50. The minimum Gasteiger partial charge on any atom is -0.398 e. The van der Waals surface area contributed by atoms with Crippen LogP contribution in [0.5, 0.6) is 0 Å². The van der Waals surface area contributed by atoms with E-state index < -0.39 is 0 Å². The van der Waals surface area contributed by atoms with Crippen LogP contribution in [0.2, 0.25) is 0 Å². The van der Waals surface area contributed by atoms with Gasteiger partial charge in [0.05, 0.1) is 0 Å².